The number of nitrogens with one attached hydrogen (secondary N) is 1. The van der Waals surface area contributed by atoms with Gasteiger partial charge in [-0.15, -0.1) is 21.5 Å². The summed E-state index contributed by atoms with van der Waals surface area (Å²) in [6, 6.07) is 5.36. The van der Waals surface area contributed by atoms with E-state index >= 15 is 0 Å². The van der Waals surface area contributed by atoms with Gasteiger partial charge in [0, 0.05) is 5.92 Å². The van der Waals surface area contributed by atoms with Gasteiger partial charge < -0.3 is 14.5 Å². The number of ether oxygens (including phenoxy) is 1. The minimum Gasteiger partial charge on any atom is -0.467 e. The lowest BCUT2D eigenvalue weighted by Crippen LogP contribution is -2.16. The molecule has 0 radical (unpaired) electrons. The Morgan fingerprint density at radius 2 is 2.17 bits per heavy atom. The summed E-state index contributed by atoms with van der Waals surface area (Å²) >= 11 is 2.57. The van der Waals surface area contributed by atoms with Crippen LogP contribution in [0.3, 0.4) is 0 Å². The molecule has 0 bridgehead atoms. The van der Waals surface area contributed by atoms with Crippen molar-refractivity contribution in [1.82, 2.24) is 14.8 Å². The van der Waals surface area contributed by atoms with Gasteiger partial charge in [-0.1, -0.05) is 25.6 Å². The van der Waals surface area contributed by atoms with Crippen LogP contribution < -0.4 is 5.32 Å². The standard InChI is InChI=1S/C19H22N4O4S2/c1-4-26-18(25)14-7-9-28-17(14)20-15(24)11-29-19-22-21-16(12(2)3)23(19)10-13-6-5-8-27-13/h5-9,12H,4,10-11H2,1-3H3,(H,20,24). The maximum atomic E-state index is 12.4. The minimum absolute atomic E-state index is 0.133. The van der Waals surface area contributed by atoms with Crippen LogP contribution in [0.15, 0.2) is 39.4 Å². The summed E-state index contributed by atoms with van der Waals surface area (Å²) in [5.41, 5.74) is 0.360. The molecule has 0 aromatic carbocycles. The topological polar surface area (TPSA) is 99.2 Å². The number of amides is 1. The monoisotopic (exact) mass is 434 g/mol. The molecule has 3 heterocycles. The van der Waals surface area contributed by atoms with Crippen molar-refractivity contribution in [1.29, 1.82) is 0 Å². The van der Waals surface area contributed by atoms with Gasteiger partial charge in [0.15, 0.2) is 5.16 Å². The Morgan fingerprint density at radius 3 is 2.86 bits per heavy atom. The Labute approximate surface area is 176 Å². The largest absolute Gasteiger partial charge is 0.467 e. The van der Waals surface area contributed by atoms with E-state index < -0.39 is 5.97 Å². The van der Waals surface area contributed by atoms with Gasteiger partial charge in [0.1, 0.15) is 16.6 Å². The number of aromatic nitrogens is 3. The van der Waals surface area contributed by atoms with Crippen molar-refractivity contribution in [2.24, 2.45) is 0 Å². The van der Waals surface area contributed by atoms with E-state index in [4.69, 9.17) is 9.15 Å². The van der Waals surface area contributed by atoms with Crippen LogP contribution in [0.5, 0.6) is 0 Å². The van der Waals surface area contributed by atoms with Gasteiger partial charge in [0.25, 0.3) is 0 Å². The predicted octanol–water partition coefficient (Wildman–Crippen LogP) is 4.01. The third-order valence-corrected chi connectivity index (χ3v) is 5.70. The second-order valence-electron chi connectivity index (χ2n) is 6.38. The lowest BCUT2D eigenvalue weighted by atomic mass is 10.2. The van der Waals surface area contributed by atoms with Crippen LogP contribution in [-0.2, 0) is 16.1 Å². The van der Waals surface area contributed by atoms with E-state index in [1.165, 1.54) is 23.1 Å². The first-order chi connectivity index (χ1) is 14.0. The van der Waals surface area contributed by atoms with Gasteiger partial charge in [-0.25, -0.2) is 4.79 Å². The first-order valence-electron chi connectivity index (χ1n) is 9.12. The Kier molecular flexibility index (Phi) is 7.10. The van der Waals surface area contributed by atoms with E-state index in [0.717, 1.165) is 11.6 Å². The van der Waals surface area contributed by atoms with Gasteiger partial charge >= 0.3 is 5.97 Å². The highest BCUT2D eigenvalue weighted by atomic mass is 32.2. The quantitative estimate of drug-likeness (QED) is 0.401. The molecule has 0 fully saturated rings. The maximum Gasteiger partial charge on any atom is 0.341 e. The van der Waals surface area contributed by atoms with E-state index in [1.54, 1.807) is 24.6 Å². The highest BCUT2D eigenvalue weighted by Gasteiger charge is 2.19. The summed E-state index contributed by atoms with van der Waals surface area (Å²) in [7, 11) is 0. The first kappa shape index (κ1) is 21.1. The van der Waals surface area contributed by atoms with E-state index in [0.29, 0.717) is 22.3 Å². The molecular weight excluding hydrogens is 412 g/mol. The number of hydrogen-bond donors (Lipinski definition) is 1. The second-order valence-corrected chi connectivity index (χ2v) is 8.24. The number of carbonyl (C=O) groups is 2. The number of hydrogen-bond acceptors (Lipinski definition) is 8. The number of carbonyl (C=O) groups excluding carboxylic acids is 2. The summed E-state index contributed by atoms with van der Waals surface area (Å²) in [5, 5.41) is 14.1. The third-order valence-electron chi connectivity index (χ3n) is 3.90. The molecule has 0 aliphatic carbocycles. The second kappa shape index (κ2) is 9.75. The fourth-order valence-electron chi connectivity index (χ4n) is 2.61. The summed E-state index contributed by atoms with van der Waals surface area (Å²) in [6.45, 7) is 6.59. The van der Waals surface area contributed by atoms with E-state index in [-0.39, 0.29) is 24.2 Å². The molecule has 1 N–H and O–H groups in total. The van der Waals surface area contributed by atoms with Crippen molar-refractivity contribution in [2.75, 3.05) is 17.7 Å². The van der Waals surface area contributed by atoms with Crippen molar-refractivity contribution >= 4 is 40.0 Å². The highest BCUT2D eigenvalue weighted by Crippen LogP contribution is 2.26. The Balaban J connectivity index is 1.66. The minimum atomic E-state index is -0.448. The lowest BCUT2D eigenvalue weighted by Gasteiger charge is -2.10. The summed E-state index contributed by atoms with van der Waals surface area (Å²) in [5.74, 6) is 1.24. The van der Waals surface area contributed by atoms with Crippen LogP contribution in [0.25, 0.3) is 0 Å². The molecule has 0 spiro atoms. The molecule has 0 aliphatic heterocycles. The maximum absolute atomic E-state index is 12.4. The summed E-state index contributed by atoms with van der Waals surface area (Å²) in [4.78, 5) is 24.4. The smallest absolute Gasteiger partial charge is 0.341 e. The van der Waals surface area contributed by atoms with Crippen LogP contribution in [0.1, 0.15) is 48.6 Å². The number of thiophene rings is 1. The van der Waals surface area contributed by atoms with E-state index in [9.17, 15) is 9.59 Å². The molecule has 1 amide bonds. The number of nitrogens with zero attached hydrogens (tertiary/aromatic N) is 3. The molecule has 0 atom stereocenters. The number of esters is 1. The normalized spacial score (nSPS) is 11.0. The van der Waals surface area contributed by atoms with E-state index in [1.807, 2.05) is 30.5 Å². The molecule has 3 aromatic heterocycles. The van der Waals surface area contributed by atoms with Gasteiger partial charge in [-0.05, 0) is 30.5 Å². The van der Waals surface area contributed by atoms with Crippen LogP contribution in [0.2, 0.25) is 0 Å². The van der Waals surface area contributed by atoms with Crippen LogP contribution in [0, 0.1) is 0 Å². The summed E-state index contributed by atoms with van der Waals surface area (Å²) in [6.07, 6.45) is 1.62. The van der Waals surface area contributed by atoms with Crippen molar-refractivity contribution in [3.63, 3.8) is 0 Å². The zero-order chi connectivity index (χ0) is 20.8. The number of anilines is 1. The number of furan rings is 1. The zero-order valence-electron chi connectivity index (χ0n) is 16.4. The molecule has 0 unspecified atom stereocenters. The van der Waals surface area contributed by atoms with Crippen molar-refractivity contribution < 1.29 is 18.7 Å². The molecule has 10 heteroatoms. The molecule has 0 saturated carbocycles. The molecule has 8 nitrogen and oxygen atoms in total. The molecule has 3 rings (SSSR count). The lowest BCUT2D eigenvalue weighted by molar-refractivity contribution is -0.113. The highest BCUT2D eigenvalue weighted by molar-refractivity contribution is 7.99. The first-order valence-corrected chi connectivity index (χ1v) is 11.0. The molecule has 154 valence electrons. The SMILES string of the molecule is CCOC(=O)c1ccsc1NC(=O)CSc1nnc(C(C)C)n1Cc1ccco1. The van der Waals surface area contributed by atoms with E-state index in [2.05, 4.69) is 15.5 Å². The van der Waals surface area contributed by atoms with Gasteiger partial charge in [-0.2, -0.15) is 0 Å². The zero-order valence-corrected chi connectivity index (χ0v) is 18.0. The molecule has 0 aliphatic rings. The van der Waals surface area contributed by atoms with Crippen LogP contribution in [-0.4, -0.2) is 39.0 Å². The number of thioether (sulfide) groups is 1. The van der Waals surface area contributed by atoms with Gasteiger partial charge in [-0.3, -0.25) is 9.36 Å². The molecule has 0 saturated heterocycles. The van der Waals surface area contributed by atoms with Crippen LogP contribution >= 0.6 is 23.1 Å². The van der Waals surface area contributed by atoms with Crippen molar-refractivity contribution in [3.8, 4) is 0 Å². The average molecular weight is 435 g/mol. The third kappa shape index (κ3) is 5.27. The Morgan fingerprint density at radius 1 is 1.34 bits per heavy atom. The fraction of sp³-hybridized carbons (Fsp3) is 0.368. The number of rotatable bonds is 9. The molecular formula is C19H22N4O4S2. The molecule has 29 heavy (non-hydrogen) atoms. The Hall–Kier alpha value is -2.59. The van der Waals surface area contributed by atoms with Crippen molar-refractivity contribution in [2.45, 2.75) is 38.4 Å². The van der Waals surface area contributed by atoms with Crippen molar-refractivity contribution in [3.05, 3.63) is 47.0 Å². The predicted molar refractivity (Wildman–Crippen MR) is 112 cm³/mol. The molecule has 3 aromatic rings. The van der Waals surface area contributed by atoms with Gasteiger partial charge in [0.2, 0.25) is 5.91 Å². The summed E-state index contributed by atoms with van der Waals surface area (Å²) < 4.78 is 12.4. The van der Waals surface area contributed by atoms with Gasteiger partial charge in [0.05, 0.1) is 30.7 Å². The van der Waals surface area contributed by atoms with Crippen LogP contribution in [0.4, 0.5) is 5.00 Å². The average Bonchev–Trinajstić information content (AvgIpc) is 3.42. The Bertz CT molecular complexity index is 963. The fourth-order valence-corrected chi connectivity index (χ4v) is 4.15.